The van der Waals surface area contributed by atoms with Crippen molar-refractivity contribution in [3.05, 3.63) is 0 Å². The topological polar surface area (TPSA) is 36.1 Å². The maximum Gasteiger partial charge on any atom is 0.0144 e. The van der Waals surface area contributed by atoms with Crippen LogP contribution in [0, 0.1) is 10.8 Å². The van der Waals surface area contributed by atoms with Crippen LogP contribution in [0.3, 0.4) is 0 Å². The molecule has 0 aromatic carbocycles. The van der Waals surface area contributed by atoms with Crippen molar-refractivity contribution < 1.29 is 0 Å². The zero-order valence-corrected chi connectivity index (χ0v) is 20.4. The Hall–Kier alpha value is -0.120. The van der Waals surface area contributed by atoms with Crippen molar-refractivity contribution in [2.75, 3.05) is 13.1 Å². The normalized spacial score (nSPS) is 27.0. The quantitative estimate of drug-likeness (QED) is 0.444. The Kier molecular flexibility index (Phi) is 8.07. The summed E-state index contributed by atoms with van der Waals surface area (Å²) in [7, 11) is 0. The van der Waals surface area contributed by atoms with Crippen LogP contribution in [0.1, 0.15) is 113 Å². The molecule has 1 saturated heterocycles. The molecule has 1 heterocycles. The maximum absolute atomic E-state index is 3.87. The summed E-state index contributed by atoms with van der Waals surface area (Å²) >= 11 is 0. The van der Waals surface area contributed by atoms with Crippen LogP contribution in [0.4, 0.5) is 0 Å². The van der Waals surface area contributed by atoms with E-state index in [1.807, 2.05) is 0 Å². The summed E-state index contributed by atoms with van der Waals surface area (Å²) in [6.45, 7) is 21.5. The summed E-state index contributed by atoms with van der Waals surface area (Å²) in [6.07, 6.45) is 11.8. The maximum atomic E-state index is 3.87. The molecular weight excluding hydrogens is 342 g/mol. The average molecular weight is 394 g/mol. The highest BCUT2D eigenvalue weighted by atomic mass is 15.1. The van der Waals surface area contributed by atoms with E-state index in [-0.39, 0.29) is 11.1 Å². The van der Waals surface area contributed by atoms with E-state index in [0.29, 0.717) is 22.9 Å². The molecule has 0 radical (unpaired) electrons. The second kappa shape index (κ2) is 9.35. The summed E-state index contributed by atoms with van der Waals surface area (Å²) in [5.74, 6) is 0. The lowest BCUT2D eigenvalue weighted by Crippen LogP contribution is -2.61. The molecule has 2 aliphatic rings. The Morgan fingerprint density at radius 3 is 1.43 bits per heavy atom. The minimum absolute atomic E-state index is 0.243. The van der Waals surface area contributed by atoms with Crippen LogP contribution in [0.25, 0.3) is 0 Å². The lowest BCUT2D eigenvalue weighted by atomic mass is 9.63. The SMILES string of the molecule is CC1(C)CC(NCCCCCCNC2CC(C)(C)NC(C)(C)C2)CC(C)(C)C1. The van der Waals surface area contributed by atoms with E-state index in [1.165, 1.54) is 70.9 Å². The van der Waals surface area contributed by atoms with Crippen LogP contribution < -0.4 is 16.0 Å². The molecule has 3 nitrogen and oxygen atoms in total. The number of piperidine rings is 1. The number of rotatable bonds is 9. The van der Waals surface area contributed by atoms with Crippen LogP contribution in [-0.2, 0) is 0 Å². The molecule has 2 fully saturated rings. The Morgan fingerprint density at radius 2 is 1.00 bits per heavy atom. The van der Waals surface area contributed by atoms with Gasteiger partial charge in [0.05, 0.1) is 0 Å². The van der Waals surface area contributed by atoms with E-state index < -0.39 is 0 Å². The van der Waals surface area contributed by atoms with Gasteiger partial charge in [-0.2, -0.15) is 0 Å². The third-order valence-electron chi connectivity index (χ3n) is 6.71. The summed E-state index contributed by atoms with van der Waals surface area (Å²) in [4.78, 5) is 0. The van der Waals surface area contributed by atoms with Gasteiger partial charge in [0.1, 0.15) is 0 Å². The van der Waals surface area contributed by atoms with Gasteiger partial charge in [-0.25, -0.2) is 0 Å². The molecule has 166 valence electrons. The number of nitrogens with one attached hydrogen (secondary N) is 3. The number of unbranched alkanes of at least 4 members (excludes halogenated alkanes) is 3. The molecule has 3 N–H and O–H groups in total. The van der Waals surface area contributed by atoms with Crippen molar-refractivity contribution in [3.8, 4) is 0 Å². The molecule has 0 spiro atoms. The highest BCUT2D eigenvalue weighted by Gasteiger charge is 2.38. The van der Waals surface area contributed by atoms with Crippen molar-refractivity contribution in [1.82, 2.24) is 16.0 Å². The predicted octanol–water partition coefficient (Wildman–Crippen LogP) is 5.64. The molecule has 28 heavy (non-hydrogen) atoms. The molecule has 0 atom stereocenters. The van der Waals surface area contributed by atoms with Gasteiger partial charge in [-0.15, -0.1) is 0 Å². The Labute approximate surface area is 176 Å². The molecule has 2 rings (SSSR count). The molecule has 1 aliphatic heterocycles. The van der Waals surface area contributed by atoms with Crippen molar-refractivity contribution in [2.24, 2.45) is 10.8 Å². The predicted molar refractivity (Wildman–Crippen MR) is 124 cm³/mol. The Morgan fingerprint density at radius 1 is 0.607 bits per heavy atom. The summed E-state index contributed by atoms with van der Waals surface area (Å²) in [5.41, 5.74) is 1.46. The third-order valence-corrected chi connectivity index (χ3v) is 6.71. The van der Waals surface area contributed by atoms with E-state index in [9.17, 15) is 0 Å². The van der Waals surface area contributed by atoms with Crippen LogP contribution in [0.15, 0.2) is 0 Å². The zero-order chi connectivity index (χ0) is 21.1. The van der Waals surface area contributed by atoms with E-state index in [2.05, 4.69) is 71.3 Å². The van der Waals surface area contributed by atoms with E-state index in [4.69, 9.17) is 0 Å². The van der Waals surface area contributed by atoms with Crippen LogP contribution >= 0.6 is 0 Å². The smallest absolute Gasteiger partial charge is 0.0144 e. The fourth-order valence-electron chi connectivity index (χ4n) is 6.67. The van der Waals surface area contributed by atoms with Gasteiger partial charge in [-0.05, 0) is 96.6 Å². The van der Waals surface area contributed by atoms with Crippen LogP contribution in [0.2, 0.25) is 0 Å². The zero-order valence-electron chi connectivity index (χ0n) is 20.4. The van der Waals surface area contributed by atoms with E-state index >= 15 is 0 Å². The van der Waals surface area contributed by atoms with Crippen molar-refractivity contribution in [1.29, 1.82) is 0 Å². The van der Waals surface area contributed by atoms with Crippen molar-refractivity contribution in [2.45, 2.75) is 136 Å². The van der Waals surface area contributed by atoms with Gasteiger partial charge < -0.3 is 16.0 Å². The number of hydrogen-bond donors (Lipinski definition) is 3. The van der Waals surface area contributed by atoms with E-state index in [0.717, 1.165) is 0 Å². The highest BCUT2D eigenvalue weighted by Crippen LogP contribution is 2.45. The number of hydrogen-bond acceptors (Lipinski definition) is 3. The highest BCUT2D eigenvalue weighted by molar-refractivity contribution is 4.99. The van der Waals surface area contributed by atoms with Gasteiger partial charge in [-0.3, -0.25) is 0 Å². The monoisotopic (exact) mass is 393 g/mol. The molecule has 0 aromatic heterocycles. The molecule has 0 amide bonds. The molecule has 3 heteroatoms. The molecular formula is C25H51N3. The lowest BCUT2D eigenvalue weighted by molar-refractivity contribution is 0.0851. The second-order valence-corrected chi connectivity index (χ2v) is 12.9. The third kappa shape index (κ3) is 8.71. The van der Waals surface area contributed by atoms with Crippen molar-refractivity contribution in [3.63, 3.8) is 0 Å². The fraction of sp³-hybridized carbons (Fsp3) is 1.00. The van der Waals surface area contributed by atoms with Gasteiger partial charge >= 0.3 is 0 Å². The first-order chi connectivity index (χ1) is 12.8. The second-order valence-electron chi connectivity index (χ2n) is 12.9. The van der Waals surface area contributed by atoms with Gasteiger partial charge in [0.15, 0.2) is 0 Å². The summed E-state index contributed by atoms with van der Waals surface area (Å²) < 4.78 is 0. The van der Waals surface area contributed by atoms with Crippen LogP contribution in [0.5, 0.6) is 0 Å². The minimum atomic E-state index is 0.243. The summed E-state index contributed by atoms with van der Waals surface area (Å²) in [6, 6.07) is 1.37. The Bertz CT molecular complexity index is 402. The molecule has 0 aromatic rings. The first-order valence-electron chi connectivity index (χ1n) is 12.0. The summed E-state index contributed by atoms with van der Waals surface area (Å²) in [5, 5.41) is 11.5. The minimum Gasteiger partial charge on any atom is -0.314 e. The molecule has 1 aliphatic carbocycles. The van der Waals surface area contributed by atoms with Gasteiger partial charge in [-0.1, -0.05) is 40.5 Å². The Balaban J connectivity index is 1.53. The lowest BCUT2D eigenvalue weighted by Gasteiger charge is -2.46. The van der Waals surface area contributed by atoms with Crippen molar-refractivity contribution >= 4 is 0 Å². The molecule has 0 unspecified atom stereocenters. The van der Waals surface area contributed by atoms with Crippen LogP contribution in [-0.4, -0.2) is 36.3 Å². The fourth-order valence-corrected chi connectivity index (χ4v) is 6.67. The first-order valence-corrected chi connectivity index (χ1v) is 12.0. The standard InChI is InChI=1S/C25H51N3/c1-22(2)15-20(16-23(3,4)19-22)26-13-11-9-10-12-14-27-21-17-24(5,6)28-25(7,8)18-21/h20-21,26-28H,9-19H2,1-8H3. The largest absolute Gasteiger partial charge is 0.314 e. The van der Waals surface area contributed by atoms with E-state index in [1.54, 1.807) is 0 Å². The van der Waals surface area contributed by atoms with Gasteiger partial charge in [0.2, 0.25) is 0 Å². The average Bonchev–Trinajstić information content (AvgIpc) is 2.43. The van der Waals surface area contributed by atoms with Gasteiger partial charge in [0.25, 0.3) is 0 Å². The molecule has 1 saturated carbocycles. The van der Waals surface area contributed by atoms with Gasteiger partial charge in [0, 0.05) is 23.2 Å². The first kappa shape index (κ1) is 24.2. The molecule has 0 bridgehead atoms.